The van der Waals surface area contributed by atoms with Gasteiger partial charge in [-0.25, -0.2) is 0 Å². The molecule has 0 bridgehead atoms. The van der Waals surface area contributed by atoms with E-state index >= 15 is 0 Å². The third-order valence-corrected chi connectivity index (χ3v) is 2.61. The number of carboxylic acids is 1. The minimum absolute atomic E-state index is 0.273. The molecule has 0 saturated carbocycles. The number of hydrogen-bond acceptors (Lipinski definition) is 4. The van der Waals surface area contributed by atoms with E-state index in [9.17, 15) is 4.79 Å². The SMILES string of the molecule is CN1CCC(NCCN=[N+]=[N-])(C(=O)O)C1. The van der Waals surface area contributed by atoms with Crippen LogP contribution in [0.3, 0.4) is 0 Å². The number of likely N-dealkylation sites (N-methyl/N-ethyl adjacent to an activating group) is 1. The van der Waals surface area contributed by atoms with Crippen molar-refractivity contribution in [3.8, 4) is 0 Å². The summed E-state index contributed by atoms with van der Waals surface area (Å²) in [7, 11) is 1.89. The fourth-order valence-corrected chi connectivity index (χ4v) is 1.78. The molecular weight excluding hydrogens is 198 g/mol. The first-order valence-corrected chi connectivity index (χ1v) is 4.78. The van der Waals surface area contributed by atoms with Crippen molar-refractivity contribution in [2.75, 3.05) is 33.2 Å². The van der Waals surface area contributed by atoms with Crippen LogP contribution in [0.15, 0.2) is 5.11 Å². The van der Waals surface area contributed by atoms with Gasteiger partial charge < -0.3 is 15.3 Å². The zero-order chi connectivity index (χ0) is 11.3. The topological polar surface area (TPSA) is 101 Å². The zero-order valence-electron chi connectivity index (χ0n) is 8.68. The molecule has 1 saturated heterocycles. The predicted molar refractivity (Wildman–Crippen MR) is 54.5 cm³/mol. The first-order valence-electron chi connectivity index (χ1n) is 4.78. The maximum atomic E-state index is 11.1. The largest absolute Gasteiger partial charge is 0.480 e. The number of nitrogens with one attached hydrogen (secondary N) is 1. The lowest BCUT2D eigenvalue weighted by atomic mass is 9.99. The fourth-order valence-electron chi connectivity index (χ4n) is 1.78. The summed E-state index contributed by atoms with van der Waals surface area (Å²) in [5, 5.41) is 15.5. The molecule has 15 heavy (non-hydrogen) atoms. The summed E-state index contributed by atoms with van der Waals surface area (Å²) < 4.78 is 0. The zero-order valence-corrected chi connectivity index (χ0v) is 8.68. The lowest BCUT2D eigenvalue weighted by molar-refractivity contribution is -0.144. The Hall–Kier alpha value is -1.30. The monoisotopic (exact) mass is 213 g/mol. The van der Waals surface area contributed by atoms with Gasteiger partial charge in [0.2, 0.25) is 0 Å². The van der Waals surface area contributed by atoms with Crippen molar-refractivity contribution < 1.29 is 9.90 Å². The number of carbonyl (C=O) groups is 1. The van der Waals surface area contributed by atoms with Crippen LogP contribution in [0.5, 0.6) is 0 Å². The van der Waals surface area contributed by atoms with E-state index in [2.05, 4.69) is 15.3 Å². The molecule has 1 aliphatic rings. The molecule has 0 aliphatic carbocycles. The van der Waals surface area contributed by atoms with Crippen LogP contribution in [0.2, 0.25) is 0 Å². The van der Waals surface area contributed by atoms with Crippen LogP contribution >= 0.6 is 0 Å². The molecule has 1 aliphatic heterocycles. The van der Waals surface area contributed by atoms with Crippen LogP contribution in [0.4, 0.5) is 0 Å². The van der Waals surface area contributed by atoms with Crippen molar-refractivity contribution in [3.63, 3.8) is 0 Å². The van der Waals surface area contributed by atoms with E-state index in [-0.39, 0.29) is 6.54 Å². The van der Waals surface area contributed by atoms with E-state index in [4.69, 9.17) is 10.6 Å². The van der Waals surface area contributed by atoms with Gasteiger partial charge in [-0.2, -0.15) is 0 Å². The summed E-state index contributed by atoms with van der Waals surface area (Å²) in [5.74, 6) is -0.840. The maximum Gasteiger partial charge on any atom is 0.325 e. The first-order chi connectivity index (χ1) is 7.10. The highest BCUT2D eigenvalue weighted by Crippen LogP contribution is 2.20. The van der Waals surface area contributed by atoms with Gasteiger partial charge in [0.25, 0.3) is 0 Å². The summed E-state index contributed by atoms with van der Waals surface area (Å²) in [6, 6.07) is 0. The standard InChI is InChI=1S/C8H15N5O2/c1-13-5-2-8(6-13,7(14)15)10-3-4-11-12-9/h10H,2-6H2,1H3,(H,14,15). The predicted octanol–water partition coefficient (Wildman–Crippen LogP) is 0.0452. The second-order valence-electron chi connectivity index (χ2n) is 3.76. The summed E-state index contributed by atoms with van der Waals surface area (Å²) in [4.78, 5) is 15.7. The van der Waals surface area contributed by atoms with E-state index in [1.165, 1.54) is 0 Å². The maximum absolute atomic E-state index is 11.1. The average molecular weight is 213 g/mol. The smallest absolute Gasteiger partial charge is 0.325 e. The Bertz CT molecular complexity index is 289. The molecular formula is C8H15N5O2. The average Bonchev–Trinajstić information content (AvgIpc) is 2.56. The van der Waals surface area contributed by atoms with Crippen LogP contribution in [0.25, 0.3) is 10.4 Å². The quantitative estimate of drug-likeness (QED) is 0.291. The second-order valence-corrected chi connectivity index (χ2v) is 3.76. The van der Waals surface area contributed by atoms with Crippen LogP contribution in [-0.4, -0.2) is 54.7 Å². The number of nitrogens with zero attached hydrogens (tertiary/aromatic N) is 4. The van der Waals surface area contributed by atoms with Crippen LogP contribution in [-0.2, 0) is 4.79 Å². The van der Waals surface area contributed by atoms with Crippen molar-refractivity contribution in [3.05, 3.63) is 10.4 Å². The van der Waals surface area contributed by atoms with E-state index in [0.717, 1.165) is 6.54 Å². The van der Waals surface area contributed by atoms with Gasteiger partial charge >= 0.3 is 5.97 Å². The molecule has 7 nitrogen and oxygen atoms in total. The molecule has 84 valence electrons. The van der Waals surface area contributed by atoms with Gasteiger partial charge in [0.15, 0.2) is 0 Å². The summed E-state index contributed by atoms with van der Waals surface area (Å²) in [6.45, 7) is 1.92. The molecule has 1 atom stereocenters. The minimum Gasteiger partial charge on any atom is -0.480 e. The summed E-state index contributed by atoms with van der Waals surface area (Å²) >= 11 is 0. The summed E-state index contributed by atoms with van der Waals surface area (Å²) in [6.07, 6.45) is 0.578. The number of azide groups is 1. The molecule has 1 unspecified atom stereocenters. The van der Waals surface area contributed by atoms with Crippen LogP contribution in [0.1, 0.15) is 6.42 Å². The number of hydrogen-bond donors (Lipinski definition) is 2. The molecule has 0 amide bonds. The molecule has 1 fully saturated rings. The number of rotatable bonds is 5. The molecule has 1 rings (SSSR count). The van der Waals surface area contributed by atoms with Gasteiger partial charge in [0, 0.05) is 31.1 Å². The number of likely N-dealkylation sites (tertiary alicyclic amines) is 1. The molecule has 0 aromatic heterocycles. The Morgan fingerprint density at radius 3 is 3.00 bits per heavy atom. The van der Waals surface area contributed by atoms with Gasteiger partial charge in [-0.15, -0.1) is 0 Å². The number of carboxylic acid groups (broad SMARTS) is 1. The molecule has 7 heteroatoms. The fraction of sp³-hybridized carbons (Fsp3) is 0.875. The lowest BCUT2D eigenvalue weighted by Gasteiger charge is -2.25. The third kappa shape index (κ3) is 2.82. The number of aliphatic carboxylic acids is 1. The van der Waals surface area contributed by atoms with E-state index < -0.39 is 11.5 Å². The van der Waals surface area contributed by atoms with E-state index in [0.29, 0.717) is 19.5 Å². The first kappa shape index (κ1) is 11.8. The highest BCUT2D eigenvalue weighted by Gasteiger charge is 2.42. The van der Waals surface area contributed by atoms with Crippen molar-refractivity contribution in [2.45, 2.75) is 12.0 Å². The lowest BCUT2D eigenvalue weighted by Crippen LogP contribution is -2.54. The van der Waals surface area contributed by atoms with Crippen LogP contribution in [0, 0.1) is 0 Å². The molecule has 1 heterocycles. The third-order valence-electron chi connectivity index (χ3n) is 2.61. The second kappa shape index (κ2) is 4.97. The van der Waals surface area contributed by atoms with E-state index in [1.807, 2.05) is 11.9 Å². The minimum atomic E-state index is -0.875. The van der Waals surface area contributed by atoms with Crippen molar-refractivity contribution in [2.24, 2.45) is 5.11 Å². The molecule has 0 spiro atoms. The molecule has 0 aromatic carbocycles. The van der Waals surface area contributed by atoms with Crippen LogP contribution < -0.4 is 5.32 Å². The Morgan fingerprint density at radius 1 is 1.80 bits per heavy atom. The van der Waals surface area contributed by atoms with Gasteiger partial charge in [-0.1, -0.05) is 5.11 Å². The molecule has 2 N–H and O–H groups in total. The van der Waals surface area contributed by atoms with E-state index in [1.54, 1.807) is 0 Å². The summed E-state index contributed by atoms with van der Waals surface area (Å²) in [5.41, 5.74) is 7.20. The van der Waals surface area contributed by atoms with Gasteiger partial charge in [-0.3, -0.25) is 4.79 Å². The van der Waals surface area contributed by atoms with Gasteiger partial charge in [-0.05, 0) is 19.0 Å². The van der Waals surface area contributed by atoms with Gasteiger partial charge in [0.1, 0.15) is 5.54 Å². The Morgan fingerprint density at radius 2 is 2.53 bits per heavy atom. The molecule has 0 aromatic rings. The Kier molecular flexibility index (Phi) is 3.90. The Labute approximate surface area is 87.7 Å². The van der Waals surface area contributed by atoms with Crippen molar-refractivity contribution >= 4 is 5.97 Å². The highest BCUT2D eigenvalue weighted by molar-refractivity contribution is 5.79. The van der Waals surface area contributed by atoms with Crippen molar-refractivity contribution in [1.29, 1.82) is 0 Å². The normalized spacial score (nSPS) is 26.2. The Balaban J connectivity index is 2.51. The molecule has 0 radical (unpaired) electrons. The van der Waals surface area contributed by atoms with Gasteiger partial charge in [0.05, 0.1) is 0 Å². The van der Waals surface area contributed by atoms with Crippen molar-refractivity contribution in [1.82, 2.24) is 10.2 Å². The highest BCUT2D eigenvalue weighted by atomic mass is 16.4.